The molecule has 4 aliphatic heterocycles. The number of hydrogen-bond acceptors (Lipinski definition) is 12. The first kappa shape index (κ1) is 47.9. The Hall–Kier alpha value is -1.78. The van der Waals surface area contributed by atoms with E-state index in [9.17, 15) is 0 Å². The summed E-state index contributed by atoms with van der Waals surface area (Å²) >= 11 is 14.7. The topological polar surface area (TPSA) is 18.5 Å². The molecule has 0 spiro atoms. The van der Waals surface area contributed by atoms with E-state index in [1.807, 2.05) is 94.1 Å². The summed E-state index contributed by atoms with van der Waals surface area (Å²) in [6.07, 6.45) is 9.84. The Morgan fingerprint density at radius 3 is 0.970 bits per heavy atom. The smallest absolute Gasteiger partial charge is 0.0717 e. The van der Waals surface area contributed by atoms with Gasteiger partial charge in [0, 0.05) is 45.6 Å². The first-order chi connectivity index (χ1) is 32.8. The lowest BCUT2D eigenvalue weighted by atomic mass is 9.97. The first-order valence-electron chi connectivity index (χ1n) is 22.6. The van der Waals surface area contributed by atoms with Crippen LogP contribution in [0.25, 0.3) is 60.0 Å². The highest BCUT2D eigenvalue weighted by Crippen LogP contribution is 2.43. The standard InChI is InChI=1S/C54H50O2S10/c1(9-21-55-35-37-17-19-43-45(33-37)49(53-61-29-30-62-53)41-15-7-5-13-39(41)47(43)51-57-25-26-58-51)3-11-23-65-66-24-12-4-2-10-22-56-36-38-18-20-44-46(34-38)50(54-63-31-32-64-54)42-16-8-6-14-40(42)48(44)52-59-27-28-60-52/h5-8,13-20,25-34H,1-4,9-12,21-24,35-36H2. The highest BCUT2D eigenvalue weighted by atomic mass is 33.1. The van der Waals surface area contributed by atoms with Gasteiger partial charge in [-0.05, 0) is 135 Å². The Morgan fingerprint density at radius 2 is 0.621 bits per heavy atom. The van der Waals surface area contributed by atoms with E-state index in [0.29, 0.717) is 13.2 Å². The fourth-order valence-corrected chi connectivity index (χ4v) is 18.7. The maximum Gasteiger partial charge on any atom is 0.0717 e. The Balaban J connectivity index is 0.614. The van der Waals surface area contributed by atoms with Gasteiger partial charge in [-0.1, -0.05) is 214 Å². The zero-order chi connectivity index (χ0) is 44.3. The summed E-state index contributed by atoms with van der Waals surface area (Å²) in [4.78, 5) is 0. The fourth-order valence-electron chi connectivity index (χ4n) is 8.74. The minimum absolute atomic E-state index is 0.658. The van der Waals surface area contributed by atoms with Crippen LogP contribution < -0.4 is 20.9 Å². The van der Waals surface area contributed by atoms with Crippen LogP contribution in [0.3, 0.4) is 0 Å². The second kappa shape index (κ2) is 24.4. The predicted octanol–water partition coefficient (Wildman–Crippen LogP) is 16.6. The minimum atomic E-state index is 0.658. The maximum absolute atomic E-state index is 6.27. The van der Waals surface area contributed by atoms with Crippen molar-refractivity contribution in [2.24, 2.45) is 0 Å². The van der Waals surface area contributed by atoms with Crippen molar-refractivity contribution in [3.8, 4) is 0 Å². The SMILES string of the molecule is C1=CSC(=c2c3ccccc3c(=C3SC=CS3)c3cc(COCCCCCCSSCCCCCCOCc4ccc5c(=C6SC=CS6)c6ccccc6c(=C6SC=CS6)c5c4)ccc23)S1. The molecule has 0 radical (unpaired) electrons. The molecule has 0 aromatic heterocycles. The number of rotatable bonds is 19. The molecule has 0 N–H and O–H groups in total. The summed E-state index contributed by atoms with van der Waals surface area (Å²) in [5, 5.41) is 33.8. The molecular weight excluding hydrogens is 1000 g/mol. The van der Waals surface area contributed by atoms with Gasteiger partial charge in [0.15, 0.2) is 0 Å². The van der Waals surface area contributed by atoms with Crippen molar-refractivity contribution in [2.45, 2.75) is 64.6 Å². The quantitative estimate of drug-likeness (QED) is 0.0437. The van der Waals surface area contributed by atoms with Gasteiger partial charge in [-0.25, -0.2) is 0 Å². The van der Waals surface area contributed by atoms with E-state index in [0.717, 1.165) is 26.1 Å². The number of unbranched alkanes of at least 4 members (excludes halogenated alkanes) is 6. The highest BCUT2D eigenvalue weighted by Gasteiger charge is 2.18. The average molecular weight is 1050 g/mol. The molecule has 4 heterocycles. The Bertz CT molecular complexity index is 2890. The van der Waals surface area contributed by atoms with Crippen LogP contribution in [0.5, 0.6) is 0 Å². The largest absolute Gasteiger partial charge is 0.377 e. The third-order valence-corrected chi connectivity index (χ3v) is 22.9. The molecule has 0 saturated heterocycles. The van der Waals surface area contributed by atoms with Gasteiger partial charge >= 0.3 is 0 Å². The van der Waals surface area contributed by atoms with Crippen molar-refractivity contribution >= 4 is 176 Å². The average Bonchev–Trinajstić information content (AvgIpc) is 4.22. The van der Waals surface area contributed by atoms with Crippen LogP contribution in [-0.2, 0) is 22.7 Å². The van der Waals surface area contributed by atoms with Crippen molar-refractivity contribution in [1.29, 1.82) is 0 Å². The van der Waals surface area contributed by atoms with E-state index >= 15 is 0 Å². The van der Waals surface area contributed by atoms with E-state index < -0.39 is 0 Å². The van der Waals surface area contributed by atoms with Crippen LogP contribution in [0.2, 0.25) is 0 Å². The number of ether oxygens (including phenoxy) is 2. The van der Waals surface area contributed by atoms with Crippen molar-refractivity contribution in [1.82, 2.24) is 0 Å². The number of hydrogen-bond donors (Lipinski definition) is 0. The van der Waals surface area contributed by atoms with Crippen LogP contribution >= 0.6 is 116 Å². The lowest BCUT2D eigenvalue weighted by Crippen LogP contribution is -2.17. The molecule has 66 heavy (non-hydrogen) atoms. The molecule has 0 fully saturated rings. The molecule has 0 unspecified atom stereocenters. The van der Waals surface area contributed by atoms with Crippen LogP contribution in [0, 0.1) is 0 Å². The fraction of sp³-hybridized carbons (Fsp3) is 0.259. The third kappa shape index (κ3) is 11.4. The van der Waals surface area contributed by atoms with Gasteiger partial charge in [-0.15, -0.1) is 0 Å². The monoisotopic (exact) mass is 1050 g/mol. The van der Waals surface area contributed by atoms with Gasteiger partial charge in [0.2, 0.25) is 0 Å². The Kier molecular flexibility index (Phi) is 17.7. The predicted molar refractivity (Wildman–Crippen MR) is 313 cm³/mol. The van der Waals surface area contributed by atoms with Crippen LogP contribution in [-0.4, -0.2) is 24.7 Å². The number of thioether (sulfide) groups is 8. The van der Waals surface area contributed by atoms with Crippen molar-refractivity contribution in [3.63, 3.8) is 0 Å². The molecule has 12 heteroatoms. The molecule has 0 bridgehead atoms. The summed E-state index contributed by atoms with van der Waals surface area (Å²) in [5.41, 5.74) is 2.50. The van der Waals surface area contributed by atoms with Gasteiger partial charge in [-0.3, -0.25) is 0 Å². The summed E-state index contributed by atoms with van der Waals surface area (Å²) < 4.78 is 18.0. The van der Waals surface area contributed by atoms with Gasteiger partial charge in [0.05, 0.1) is 30.2 Å². The molecule has 10 rings (SSSR count). The lowest BCUT2D eigenvalue weighted by Gasteiger charge is -2.13. The van der Waals surface area contributed by atoms with E-state index in [1.54, 1.807) is 0 Å². The van der Waals surface area contributed by atoms with Gasteiger partial charge in [-0.2, -0.15) is 0 Å². The summed E-state index contributed by atoms with van der Waals surface area (Å²) in [7, 11) is 4.11. The summed E-state index contributed by atoms with van der Waals surface area (Å²) in [6, 6.07) is 31.9. The van der Waals surface area contributed by atoms with Gasteiger partial charge in [0.1, 0.15) is 0 Å². The van der Waals surface area contributed by atoms with Crippen molar-refractivity contribution < 1.29 is 9.47 Å². The van der Waals surface area contributed by atoms with Gasteiger partial charge < -0.3 is 9.47 Å². The normalized spacial score (nSPS) is 15.8. The van der Waals surface area contributed by atoms with E-state index in [-0.39, 0.29) is 0 Å². The van der Waals surface area contributed by atoms with E-state index in [4.69, 9.17) is 9.47 Å². The summed E-state index contributed by atoms with van der Waals surface area (Å²) in [6.45, 7) is 2.96. The molecular formula is C54H50O2S10. The molecule has 0 atom stereocenters. The third-order valence-electron chi connectivity index (χ3n) is 11.8. The zero-order valence-electron chi connectivity index (χ0n) is 36.5. The number of fused-ring (bicyclic) bond motifs is 4. The van der Waals surface area contributed by atoms with Crippen LogP contribution in [0.4, 0.5) is 0 Å². The zero-order valence-corrected chi connectivity index (χ0v) is 44.7. The molecule has 0 aliphatic carbocycles. The van der Waals surface area contributed by atoms with Crippen LogP contribution in [0.15, 0.2) is 128 Å². The Labute approximate surface area is 430 Å². The molecule has 2 nitrogen and oxygen atoms in total. The Morgan fingerprint density at radius 1 is 0.318 bits per heavy atom. The minimum Gasteiger partial charge on any atom is -0.377 e. The van der Waals surface area contributed by atoms with Crippen molar-refractivity contribution in [2.75, 3.05) is 24.7 Å². The van der Waals surface area contributed by atoms with Crippen molar-refractivity contribution in [3.05, 3.63) is 160 Å². The number of benzene rings is 6. The molecule has 0 saturated carbocycles. The molecule has 0 amide bonds. The molecule has 6 aromatic rings. The van der Waals surface area contributed by atoms with Gasteiger partial charge in [0.25, 0.3) is 0 Å². The molecule has 6 aromatic carbocycles. The second-order valence-corrected chi connectivity index (χ2v) is 27.2. The van der Waals surface area contributed by atoms with Crippen LogP contribution in [0.1, 0.15) is 62.5 Å². The van der Waals surface area contributed by atoms with E-state index in [2.05, 4.69) is 150 Å². The highest BCUT2D eigenvalue weighted by molar-refractivity contribution is 8.76. The maximum atomic E-state index is 6.27. The molecule has 338 valence electrons. The first-order valence-corrected chi connectivity index (χ1v) is 32.1. The summed E-state index contributed by atoms with van der Waals surface area (Å²) in [5.74, 6) is 2.48. The molecule has 4 aliphatic rings. The van der Waals surface area contributed by atoms with E-state index in [1.165, 1.54) is 142 Å². The lowest BCUT2D eigenvalue weighted by molar-refractivity contribution is 0.117. The second-order valence-electron chi connectivity index (χ2n) is 16.1.